The minimum Gasteiger partial charge on any atom is -0.490 e. The van der Waals surface area contributed by atoms with Crippen LogP contribution < -0.4 is 9.47 Å². The van der Waals surface area contributed by atoms with Gasteiger partial charge in [0.2, 0.25) is 4.77 Å². The van der Waals surface area contributed by atoms with E-state index in [0.29, 0.717) is 29.6 Å². The fourth-order valence-corrected chi connectivity index (χ4v) is 2.00. The van der Waals surface area contributed by atoms with Crippen LogP contribution in [0.1, 0.15) is 25.2 Å². The van der Waals surface area contributed by atoms with Crippen LogP contribution in [0.2, 0.25) is 0 Å². The van der Waals surface area contributed by atoms with Gasteiger partial charge in [-0.3, -0.25) is 5.10 Å². The predicted octanol–water partition coefficient (Wildman–Crippen LogP) is 2.93. The van der Waals surface area contributed by atoms with Crippen LogP contribution in [0.5, 0.6) is 11.5 Å². The van der Waals surface area contributed by atoms with E-state index in [0.717, 1.165) is 11.3 Å². The summed E-state index contributed by atoms with van der Waals surface area (Å²) in [5.74, 6) is 2.13. The summed E-state index contributed by atoms with van der Waals surface area (Å²) in [6.45, 7) is 6.87. The van der Waals surface area contributed by atoms with E-state index < -0.39 is 0 Å². The molecule has 6 nitrogen and oxygen atoms in total. The lowest BCUT2D eigenvalue weighted by atomic mass is 10.2. The quantitative estimate of drug-likeness (QED) is 0.658. The van der Waals surface area contributed by atoms with Crippen molar-refractivity contribution in [3.8, 4) is 11.5 Å². The van der Waals surface area contributed by atoms with Gasteiger partial charge in [0, 0.05) is 0 Å². The van der Waals surface area contributed by atoms with E-state index in [1.807, 2.05) is 39.0 Å². The van der Waals surface area contributed by atoms with Crippen LogP contribution in [0.15, 0.2) is 23.3 Å². The second kappa shape index (κ2) is 7.03. The number of aryl methyl sites for hydroxylation is 1. The molecule has 1 aromatic carbocycles. The Labute approximate surface area is 128 Å². The lowest BCUT2D eigenvalue weighted by Crippen LogP contribution is -1.99. The average Bonchev–Trinajstić information content (AvgIpc) is 2.79. The molecule has 0 spiro atoms. The van der Waals surface area contributed by atoms with E-state index in [-0.39, 0.29) is 0 Å². The normalized spacial score (nSPS) is 11.0. The van der Waals surface area contributed by atoms with Gasteiger partial charge in [-0.25, -0.2) is 0 Å². The fraction of sp³-hybridized carbons (Fsp3) is 0.357. The first kappa shape index (κ1) is 15.2. The number of ether oxygens (including phenoxy) is 2. The Hall–Kier alpha value is -2.15. The van der Waals surface area contributed by atoms with Crippen molar-refractivity contribution in [2.24, 2.45) is 5.10 Å². The number of aromatic nitrogens is 3. The van der Waals surface area contributed by atoms with Crippen molar-refractivity contribution in [2.75, 3.05) is 13.2 Å². The number of hydrogen-bond acceptors (Lipinski definition) is 5. The fourth-order valence-electron chi connectivity index (χ4n) is 1.78. The zero-order valence-corrected chi connectivity index (χ0v) is 13.1. The van der Waals surface area contributed by atoms with Crippen molar-refractivity contribution in [1.82, 2.24) is 14.9 Å². The Morgan fingerprint density at radius 1 is 1.29 bits per heavy atom. The maximum atomic E-state index is 5.58. The lowest BCUT2D eigenvalue weighted by molar-refractivity contribution is 0.288. The Morgan fingerprint density at radius 2 is 2.00 bits per heavy atom. The molecule has 1 heterocycles. The zero-order chi connectivity index (χ0) is 15.2. The molecule has 0 saturated heterocycles. The summed E-state index contributed by atoms with van der Waals surface area (Å²) in [7, 11) is 0. The third kappa shape index (κ3) is 3.69. The highest BCUT2D eigenvalue weighted by molar-refractivity contribution is 7.71. The second-order valence-corrected chi connectivity index (χ2v) is 4.59. The van der Waals surface area contributed by atoms with Gasteiger partial charge < -0.3 is 9.47 Å². The molecule has 0 fully saturated rings. The maximum absolute atomic E-state index is 5.58. The number of nitrogens with zero attached hydrogens (tertiary/aromatic N) is 3. The molecule has 112 valence electrons. The van der Waals surface area contributed by atoms with Gasteiger partial charge >= 0.3 is 0 Å². The van der Waals surface area contributed by atoms with Crippen molar-refractivity contribution in [3.05, 3.63) is 34.4 Å². The first-order chi connectivity index (χ1) is 10.2. The molecule has 2 aromatic rings. The molecule has 0 unspecified atom stereocenters. The Kier molecular flexibility index (Phi) is 5.10. The highest BCUT2D eigenvalue weighted by atomic mass is 32.1. The van der Waals surface area contributed by atoms with Gasteiger partial charge in [0.05, 0.1) is 19.4 Å². The number of benzene rings is 1. The molecule has 0 aliphatic heterocycles. The first-order valence-electron chi connectivity index (χ1n) is 6.73. The minimum absolute atomic E-state index is 0.458. The average molecular weight is 306 g/mol. The molecule has 0 amide bonds. The van der Waals surface area contributed by atoms with E-state index in [4.69, 9.17) is 21.7 Å². The summed E-state index contributed by atoms with van der Waals surface area (Å²) in [5.41, 5.74) is 0.893. The highest BCUT2D eigenvalue weighted by Crippen LogP contribution is 2.28. The van der Waals surface area contributed by atoms with Crippen LogP contribution in [-0.4, -0.2) is 34.3 Å². The summed E-state index contributed by atoms with van der Waals surface area (Å²) in [6.07, 6.45) is 1.70. The molecule has 21 heavy (non-hydrogen) atoms. The van der Waals surface area contributed by atoms with Gasteiger partial charge in [0.25, 0.3) is 0 Å². The first-order valence-corrected chi connectivity index (χ1v) is 7.14. The van der Waals surface area contributed by atoms with Gasteiger partial charge in [-0.2, -0.15) is 14.9 Å². The monoisotopic (exact) mass is 306 g/mol. The molecule has 0 radical (unpaired) electrons. The van der Waals surface area contributed by atoms with Crippen molar-refractivity contribution in [1.29, 1.82) is 0 Å². The number of nitrogens with one attached hydrogen (secondary N) is 1. The van der Waals surface area contributed by atoms with Crippen molar-refractivity contribution < 1.29 is 9.47 Å². The van der Waals surface area contributed by atoms with Crippen LogP contribution in [0.4, 0.5) is 0 Å². The van der Waals surface area contributed by atoms with Gasteiger partial charge in [-0.05, 0) is 56.8 Å². The number of aromatic amines is 1. The minimum atomic E-state index is 0.458. The molecule has 0 atom stereocenters. The summed E-state index contributed by atoms with van der Waals surface area (Å²) in [6, 6.07) is 5.67. The van der Waals surface area contributed by atoms with E-state index in [1.165, 1.54) is 0 Å². The Morgan fingerprint density at radius 3 is 2.62 bits per heavy atom. The SMILES string of the molecule is CCOc1ccc(/C=N/n2c(C)n[nH]c2=S)cc1OCC. The number of hydrogen-bond donors (Lipinski definition) is 1. The third-order valence-electron chi connectivity index (χ3n) is 2.70. The van der Waals surface area contributed by atoms with Crippen LogP contribution in [-0.2, 0) is 0 Å². The van der Waals surface area contributed by atoms with Crippen LogP contribution in [0.3, 0.4) is 0 Å². The van der Waals surface area contributed by atoms with Crippen molar-refractivity contribution >= 4 is 18.4 Å². The van der Waals surface area contributed by atoms with Gasteiger partial charge in [-0.15, -0.1) is 0 Å². The molecule has 0 saturated carbocycles. The van der Waals surface area contributed by atoms with Crippen LogP contribution in [0.25, 0.3) is 0 Å². The highest BCUT2D eigenvalue weighted by Gasteiger charge is 2.05. The zero-order valence-electron chi connectivity index (χ0n) is 12.3. The summed E-state index contributed by atoms with van der Waals surface area (Å²) < 4.78 is 13.1. The molecule has 1 N–H and O–H groups in total. The Bertz CT molecular complexity index is 691. The van der Waals surface area contributed by atoms with Crippen molar-refractivity contribution in [3.63, 3.8) is 0 Å². The molecular formula is C14H18N4O2S. The standard InChI is InChI=1S/C14H18N4O2S/c1-4-19-12-7-6-11(8-13(12)20-5-2)9-15-18-10(3)16-17-14(18)21/h6-9H,4-5H2,1-3H3,(H,17,21)/b15-9+. The molecule has 0 bridgehead atoms. The van der Waals surface area contributed by atoms with E-state index in [9.17, 15) is 0 Å². The molecular weight excluding hydrogens is 288 g/mol. The molecule has 0 aliphatic rings. The number of H-pyrrole nitrogens is 1. The summed E-state index contributed by atoms with van der Waals surface area (Å²) in [4.78, 5) is 0. The van der Waals surface area contributed by atoms with E-state index in [2.05, 4.69) is 15.3 Å². The van der Waals surface area contributed by atoms with Crippen LogP contribution >= 0.6 is 12.2 Å². The number of rotatable bonds is 6. The predicted molar refractivity (Wildman–Crippen MR) is 83.9 cm³/mol. The summed E-state index contributed by atoms with van der Waals surface area (Å²) in [5, 5.41) is 11.0. The largest absolute Gasteiger partial charge is 0.490 e. The van der Waals surface area contributed by atoms with Crippen LogP contribution in [0, 0.1) is 11.7 Å². The second-order valence-electron chi connectivity index (χ2n) is 4.20. The van der Waals surface area contributed by atoms with Crippen molar-refractivity contribution in [2.45, 2.75) is 20.8 Å². The third-order valence-corrected chi connectivity index (χ3v) is 2.97. The van der Waals surface area contributed by atoms with Gasteiger partial charge in [-0.1, -0.05) is 0 Å². The van der Waals surface area contributed by atoms with Gasteiger partial charge in [0.15, 0.2) is 11.5 Å². The molecule has 1 aromatic heterocycles. The van der Waals surface area contributed by atoms with E-state index in [1.54, 1.807) is 10.9 Å². The smallest absolute Gasteiger partial charge is 0.216 e. The molecule has 7 heteroatoms. The molecule has 0 aliphatic carbocycles. The molecule has 2 rings (SSSR count). The van der Waals surface area contributed by atoms with E-state index >= 15 is 0 Å². The topological polar surface area (TPSA) is 64.4 Å². The maximum Gasteiger partial charge on any atom is 0.216 e. The van der Waals surface area contributed by atoms with Gasteiger partial charge in [0.1, 0.15) is 5.82 Å². The summed E-state index contributed by atoms with van der Waals surface area (Å²) >= 11 is 5.10. The Balaban J connectivity index is 2.28. The lowest BCUT2D eigenvalue weighted by Gasteiger charge is -2.11.